The van der Waals surface area contributed by atoms with Crippen LogP contribution in [0.2, 0.25) is 0 Å². The molecule has 13 heteroatoms. The van der Waals surface area contributed by atoms with Crippen molar-refractivity contribution < 1.29 is 56.2 Å². The molecule has 0 spiro atoms. The quantitative estimate of drug-likeness (QED) is 0.0304. The van der Waals surface area contributed by atoms with Gasteiger partial charge in [-0.15, -0.1) is 0 Å². The molecule has 0 amide bonds. The normalized spacial score (nSPS) is 22.5. The summed E-state index contributed by atoms with van der Waals surface area (Å²) >= 11 is 0. The molecule has 1 saturated heterocycles. The van der Waals surface area contributed by atoms with Crippen LogP contribution in [0.4, 0.5) is 0 Å². The number of unbranched alkanes of at least 4 members (excludes halogenated alkanes) is 4. The van der Waals surface area contributed by atoms with Gasteiger partial charge >= 0.3 is 16.4 Å². The lowest BCUT2D eigenvalue weighted by atomic mass is 9.99. The molecule has 6 atom stereocenters. The van der Waals surface area contributed by atoms with Crippen molar-refractivity contribution in [3.63, 3.8) is 0 Å². The van der Waals surface area contributed by atoms with Gasteiger partial charge in [0, 0.05) is 13.0 Å². The number of allylic oxidation sites excluding steroid dienone is 12. The standard InChI is InChI=1S/C38H62O12S/c1-3-5-7-9-10-11-12-13-14-15-16-17-18-19-20-21-22-23-24-26-28-46-30-32(48-34(40)27-25-8-6-4-2)31-47-38-36(42)37(50-51(43,44)45)35(41)33(29-39)49-38/h5,7,10-11,13-14,16-17,19-20,22-23,32-33,35-39,41-42H,3-4,6,8-9,12,15,18,21,24-31H2,1-2H3,(H,43,44,45)/b7-5-,11-10-,14-13-,17-16-,20-19-,23-22-. The van der Waals surface area contributed by atoms with Crippen LogP contribution in [0.5, 0.6) is 0 Å². The van der Waals surface area contributed by atoms with Crippen molar-refractivity contribution >= 4 is 16.4 Å². The Bertz CT molecular complexity index is 1180. The van der Waals surface area contributed by atoms with E-state index in [-0.39, 0.29) is 19.6 Å². The molecule has 1 aliphatic heterocycles. The van der Waals surface area contributed by atoms with E-state index < -0.39 is 59.8 Å². The third kappa shape index (κ3) is 24.4. The second kappa shape index (κ2) is 30.0. The molecule has 0 aliphatic carbocycles. The van der Waals surface area contributed by atoms with Crippen LogP contribution in [0.3, 0.4) is 0 Å². The molecule has 1 aliphatic rings. The van der Waals surface area contributed by atoms with Crippen molar-refractivity contribution in [2.75, 3.05) is 26.4 Å². The van der Waals surface area contributed by atoms with E-state index >= 15 is 0 Å². The monoisotopic (exact) mass is 742 g/mol. The van der Waals surface area contributed by atoms with Gasteiger partial charge in [0.2, 0.25) is 0 Å². The van der Waals surface area contributed by atoms with Crippen LogP contribution in [0.15, 0.2) is 72.9 Å². The van der Waals surface area contributed by atoms with E-state index in [9.17, 15) is 28.5 Å². The summed E-state index contributed by atoms with van der Waals surface area (Å²) < 4.78 is 58.2. The lowest BCUT2D eigenvalue weighted by Gasteiger charge is -2.41. The zero-order valence-corrected chi connectivity index (χ0v) is 31.2. The number of aliphatic hydroxyl groups is 3. The van der Waals surface area contributed by atoms with Gasteiger partial charge in [-0.1, -0.05) is 106 Å². The second-order valence-corrected chi connectivity index (χ2v) is 13.1. The van der Waals surface area contributed by atoms with Gasteiger partial charge in [-0.2, -0.15) is 8.42 Å². The molecular weight excluding hydrogens is 680 g/mol. The molecular formula is C38H62O12S. The fraction of sp³-hybridized carbons (Fsp3) is 0.658. The zero-order valence-electron chi connectivity index (χ0n) is 30.4. The number of ether oxygens (including phenoxy) is 4. The van der Waals surface area contributed by atoms with Crippen LogP contribution in [-0.2, 0) is 38.3 Å². The van der Waals surface area contributed by atoms with Gasteiger partial charge in [-0.05, 0) is 57.8 Å². The molecule has 0 bridgehead atoms. The highest BCUT2D eigenvalue weighted by atomic mass is 32.3. The van der Waals surface area contributed by atoms with E-state index in [0.717, 1.165) is 70.6 Å². The Balaban J connectivity index is 2.44. The topological polar surface area (TPSA) is 178 Å². The first-order valence-electron chi connectivity index (χ1n) is 18.2. The SMILES string of the molecule is CC/C=C\C/C=C\C/C=C\C/C=C\C/C=C\C/C=C\CCCOCC(COC1OC(CO)C(O)C(OS(=O)(=O)O)C1O)OC(=O)CCCCCC. The van der Waals surface area contributed by atoms with Gasteiger partial charge in [-0.25, -0.2) is 4.18 Å². The first kappa shape index (κ1) is 46.6. The number of aliphatic hydroxyl groups excluding tert-OH is 3. The zero-order chi connectivity index (χ0) is 37.6. The largest absolute Gasteiger partial charge is 0.457 e. The van der Waals surface area contributed by atoms with E-state index in [0.29, 0.717) is 13.0 Å². The van der Waals surface area contributed by atoms with Gasteiger partial charge in [0.25, 0.3) is 0 Å². The minimum atomic E-state index is -5.06. The number of carbonyl (C=O) groups is 1. The molecule has 0 aromatic heterocycles. The highest BCUT2D eigenvalue weighted by Gasteiger charge is 2.48. The highest BCUT2D eigenvalue weighted by Crippen LogP contribution is 2.26. The summed E-state index contributed by atoms with van der Waals surface area (Å²) in [5.41, 5.74) is 0. The summed E-state index contributed by atoms with van der Waals surface area (Å²) in [6.45, 7) is 3.53. The Kier molecular flexibility index (Phi) is 27.4. The summed E-state index contributed by atoms with van der Waals surface area (Å²) in [5, 5.41) is 30.3. The minimum absolute atomic E-state index is 0.00966. The van der Waals surface area contributed by atoms with Crippen molar-refractivity contribution in [3.05, 3.63) is 72.9 Å². The number of rotatable bonds is 29. The van der Waals surface area contributed by atoms with Crippen molar-refractivity contribution in [3.8, 4) is 0 Å². The fourth-order valence-electron chi connectivity index (χ4n) is 4.86. The molecule has 0 radical (unpaired) electrons. The van der Waals surface area contributed by atoms with Crippen LogP contribution >= 0.6 is 0 Å². The first-order chi connectivity index (χ1) is 24.6. The summed E-state index contributed by atoms with van der Waals surface area (Å²) in [7, 11) is -5.06. The van der Waals surface area contributed by atoms with Crippen molar-refractivity contribution in [2.45, 2.75) is 134 Å². The van der Waals surface area contributed by atoms with Crippen LogP contribution < -0.4 is 0 Å². The van der Waals surface area contributed by atoms with Gasteiger partial charge in [0.05, 0.1) is 19.8 Å². The maximum Gasteiger partial charge on any atom is 0.397 e. The molecule has 292 valence electrons. The fourth-order valence-corrected chi connectivity index (χ4v) is 5.37. The summed E-state index contributed by atoms with van der Waals surface area (Å²) in [4.78, 5) is 12.5. The molecule has 1 rings (SSSR count). The third-order valence-corrected chi connectivity index (χ3v) is 8.06. The Morgan fingerprint density at radius 3 is 1.86 bits per heavy atom. The molecule has 12 nitrogen and oxygen atoms in total. The molecule has 51 heavy (non-hydrogen) atoms. The van der Waals surface area contributed by atoms with Crippen LogP contribution in [0.25, 0.3) is 0 Å². The van der Waals surface area contributed by atoms with Crippen LogP contribution in [0, 0.1) is 0 Å². The molecule has 6 unspecified atom stereocenters. The molecule has 0 aromatic rings. The van der Waals surface area contributed by atoms with Crippen molar-refractivity contribution in [2.24, 2.45) is 0 Å². The Labute approximate surface area is 305 Å². The molecule has 4 N–H and O–H groups in total. The van der Waals surface area contributed by atoms with E-state index in [1.807, 2.05) is 0 Å². The lowest BCUT2D eigenvalue weighted by molar-refractivity contribution is -0.301. The van der Waals surface area contributed by atoms with Gasteiger partial charge in [0.1, 0.15) is 30.5 Å². The van der Waals surface area contributed by atoms with Gasteiger partial charge in [0.15, 0.2) is 6.29 Å². The summed E-state index contributed by atoms with van der Waals surface area (Å²) in [5.74, 6) is -0.442. The Morgan fingerprint density at radius 1 is 0.765 bits per heavy atom. The predicted molar refractivity (Wildman–Crippen MR) is 197 cm³/mol. The Morgan fingerprint density at radius 2 is 1.33 bits per heavy atom. The van der Waals surface area contributed by atoms with E-state index in [4.69, 9.17) is 23.5 Å². The molecule has 0 saturated carbocycles. The van der Waals surface area contributed by atoms with E-state index in [2.05, 4.69) is 90.9 Å². The molecule has 1 heterocycles. The van der Waals surface area contributed by atoms with Crippen molar-refractivity contribution in [1.82, 2.24) is 0 Å². The number of esters is 1. The summed E-state index contributed by atoms with van der Waals surface area (Å²) in [6.07, 6.45) is 27.5. The maximum atomic E-state index is 12.5. The average molecular weight is 743 g/mol. The summed E-state index contributed by atoms with van der Waals surface area (Å²) in [6, 6.07) is 0. The van der Waals surface area contributed by atoms with Gasteiger partial charge < -0.3 is 34.3 Å². The first-order valence-corrected chi connectivity index (χ1v) is 19.6. The molecule has 1 fully saturated rings. The van der Waals surface area contributed by atoms with Gasteiger partial charge in [-0.3, -0.25) is 9.35 Å². The Hall–Kier alpha value is -2.46. The molecule has 0 aromatic carbocycles. The van der Waals surface area contributed by atoms with E-state index in [1.165, 1.54) is 0 Å². The van der Waals surface area contributed by atoms with Crippen molar-refractivity contribution in [1.29, 1.82) is 0 Å². The highest BCUT2D eigenvalue weighted by molar-refractivity contribution is 7.80. The lowest BCUT2D eigenvalue weighted by Crippen LogP contribution is -2.60. The smallest absolute Gasteiger partial charge is 0.397 e. The van der Waals surface area contributed by atoms with Crippen LogP contribution in [-0.4, -0.2) is 97.5 Å². The number of hydrogen-bond donors (Lipinski definition) is 4. The third-order valence-electron chi connectivity index (χ3n) is 7.59. The second-order valence-electron chi connectivity index (χ2n) is 12.1. The van der Waals surface area contributed by atoms with E-state index in [1.54, 1.807) is 0 Å². The maximum absolute atomic E-state index is 12.5. The average Bonchev–Trinajstić information content (AvgIpc) is 3.09. The van der Waals surface area contributed by atoms with Crippen LogP contribution in [0.1, 0.15) is 97.3 Å². The minimum Gasteiger partial charge on any atom is -0.457 e. The number of carbonyl (C=O) groups excluding carboxylic acids is 1. The number of hydrogen-bond acceptors (Lipinski definition) is 11. The predicted octanol–water partition coefficient (Wildman–Crippen LogP) is 6.01.